The van der Waals surface area contributed by atoms with Crippen LogP contribution in [-0.2, 0) is 11.2 Å². The number of nitrogens with two attached hydrogens (primary N) is 2. The van der Waals surface area contributed by atoms with Crippen molar-refractivity contribution in [3.63, 3.8) is 0 Å². The number of aromatic nitrogens is 4. The Hall–Kier alpha value is -4.05. The van der Waals surface area contributed by atoms with Crippen molar-refractivity contribution >= 4 is 29.1 Å². The van der Waals surface area contributed by atoms with Crippen LogP contribution in [0.1, 0.15) is 54.4 Å². The Bertz CT molecular complexity index is 1440. The van der Waals surface area contributed by atoms with Crippen LogP contribution in [0.15, 0.2) is 47.1 Å². The highest BCUT2D eigenvalue weighted by Gasteiger charge is 2.24. The van der Waals surface area contributed by atoms with Crippen LogP contribution >= 0.6 is 11.6 Å². The fourth-order valence-corrected chi connectivity index (χ4v) is 4.06. The lowest BCUT2D eigenvalue weighted by Gasteiger charge is -2.10. The minimum atomic E-state index is -0.697. The van der Waals surface area contributed by atoms with Gasteiger partial charge in [0.05, 0.1) is 17.1 Å². The third-order valence-electron chi connectivity index (χ3n) is 5.81. The number of anilines is 1. The Morgan fingerprint density at radius 2 is 1.89 bits per heavy atom. The van der Waals surface area contributed by atoms with E-state index in [4.69, 9.17) is 27.6 Å². The molecular formula is C25H24ClFN6O3. The molecule has 4 aromatic rings. The lowest BCUT2D eigenvalue weighted by Crippen LogP contribution is -2.15. The van der Waals surface area contributed by atoms with Crippen molar-refractivity contribution in [2.45, 2.75) is 39.2 Å². The lowest BCUT2D eigenvalue weighted by atomic mass is 9.95. The molecule has 3 heterocycles. The van der Waals surface area contributed by atoms with Crippen LogP contribution in [0.25, 0.3) is 22.6 Å². The standard InChI is InChI=1S/C25H24ClFN6O3/c1-12(2)33-24(28)22(25(29)35)23(31-33)19-7-4-14(11-30-19)13(3)21(34)10-16-9-20(32-36-16)17-6-5-15(27)8-18(17)26/h4-9,11-13H,10,28H2,1-3H3,(H2,29,35). The number of primary amides is 1. The highest BCUT2D eigenvalue weighted by atomic mass is 35.5. The largest absolute Gasteiger partial charge is 0.383 e. The molecule has 1 unspecified atom stereocenters. The third-order valence-corrected chi connectivity index (χ3v) is 6.12. The van der Waals surface area contributed by atoms with Gasteiger partial charge in [0.2, 0.25) is 0 Å². The molecule has 4 rings (SSSR count). The van der Waals surface area contributed by atoms with Crippen molar-refractivity contribution in [1.29, 1.82) is 0 Å². The van der Waals surface area contributed by atoms with Gasteiger partial charge >= 0.3 is 0 Å². The van der Waals surface area contributed by atoms with E-state index in [0.717, 1.165) is 0 Å². The molecule has 186 valence electrons. The molecule has 1 atom stereocenters. The van der Waals surface area contributed by atoms with Gasteiger partial charge < -0.3 is 16.0 Å². The van der Waals surface area contributed by atoms with E-state index in [1.807, 2.05) is 13.8 Å². The number of Topliss-reactive ketones (excluding diaryl/α,β-unsaturated/α-hetero) is 1. The van der Waals surface area contributed by atoms with Crippen molar-refractivity contribution in [2.24, 2.45) is 5.73 Å². The summed E-state index contributed by atoms with van der Waals surface area (Å²) in [5, 5.41) is 8.56. The zero-order chi connectivity index (χ0) is 26.1. The molecule has 0 saturated carbocycles. The second kappa shape index (κ2) is 9.90. The second-order valence-electron chi connectivity index (χ2n) is 8.66. The van der Waals surface area contributed by atoms with Crippen molar-refractivity contribution in [3.8, 4) is 22.6 Å². The molecular weight excluding hydrogens is 487 g/mol. The fourth-order valence-electron chi connectivity index (χ4n) is 3.80. The van der Waals surface area contributed by atoms with E-state index in [2.05, 4.69) is 15.2 Å². The van der Waals surface area contributed by atoms with Gasteiger partial charge in [-0.1, -0.05) is 29.7 Å². The molecule has 3 aromatic heterocycles. The van der Waals surface area contributed by atoms with Gasteiger partial charge in [-0.2, -0.15) is 5.10 Å². The maximum atomic E-state index is 13.3. The van der Waals surface area contributed by atoms with Crippen LogP contribution < -0.4 is 11.5 Å². The van der Waals surface area contributed by atoms with Crippen LogP contribution in [0.3, 0.4) is 0 Å². The summed E-state index contributed by atoms with van der Waals surface area (Å²) in [4.78, 5) is 29.3. The molecule has 1 aromatic carbocycles. The van der Waals surface area contributed by atoms with E-state index >= 15 is 0 Å². The van der Waals surface area contributed by atoms with Crippen molar-refractivity contribution < 1.29 is 18.5 Å². The quantitative estimate of drug-likeness (QED) is 0.353. The van der Waals surface area contributed by atoms with Crippen molar-refractivity contribution in [1.82, 2.24) is 19.9 Å². The summed E-state index contributed by atoms with van der Waals surface area (Å²) in [6, 6.07) is 8.89. The Balaban J connectivity index is 1.51. The summed E-state index contributed by atoms with van der Waals surface area (Å²) in [5.41, 5.74) is 14.0. The molecule has 1 amide bonds. The Kier molecular flexibility index (Phi) is 6.89. The molecule has 0 bridgehead atoms. The Labute approximate surface area is 211 Å². The van der Waals surface area contributed by atoms with Crippen LogP contribution in [0.2, 0.25) is 5.02 Å². The number of carbonyl (C=O) groups is 2. The van der Waals surface area contributed by atoms with E-state index < -0.39 is 17.6 Å². The summed E-state index contributed by atoms with van der Waals surface area (Å²) in [5.74, 6) is -1.24. The number of ketones is 1. The van der Waals surface area contributed by atoms with E-state index in [1.54, 1.807) is 31.3 Å². The predicted octanol–water partition coefficient (Wildman–Crippen LogP) is 4.57. The first-order valence-electron chi connectivity index (χ1n) is 11.1. The lowest BCUT2D eigenvalue weighted by molar-refractivity contribution is -0.119. The predicted molar refractivity (Wildman–Crippen MR) is 133 cm³/mol. The number of rotatable bonds is 8. The Morgan fingerprint density at radius 1 is 1.14 bits per heavy atom. The SMILES string of the molecule is CC(C(=O)Cc1cc(-c2ccc(F)cc2Cl)no1)c1ccc(-c2nn(C(C)C)c(N)c2C(N)=O)nc1. The summed E-state index contributed by atoms with van der Waals surface area (Å²) in [6.07, 6.45) is 1.55. The van der Waals surface area contributed by atoms with Gasteiger partial charge in [0.1, 0.15) is 40.1 Å². The van der Waals surface area contributed by atoms with Crippen molar-refractivity contribution in [2.75, 3.05) is 5.73 Å². The van der Waals surface area contributed by atoms with E-state index in [-0.39, 0.29) is 40.3 Å². The van der Waals surface area contributed by atoms with Gasteiger partial charge in [-0.05, 0) is 43.7 Å². The van der Waals surface area contributed by atoms with E-state index in [0.29, 0.717) is 28.3 Å². The molecule has 0 aliphatic carbocycles. The van der Waals surface area contributed by atoms with Crippen LogP contribution in [0, 0.1) is 5.82 Å². The maximum Gasteiger partial charge on any atom is 0.254 e. The first-order chi connectivity index (χ1) is 17.1. The smallest absolute Gasteiger partial charge is 0.254 e. The normalized spacial score (nSPS) is 12.2. The van der Waals surface area contributed by atoms with Gasteiger partial charge in [0.25, 0.3) is 5.91 Å². The number of halogens is 2. The molecule has 9 nitrogen and oxygen atoms in total. The average Bonchev–Trinajstić information content (AvgIpc) is 3.43. The molecule has 36 heavy (non-hydrogen) atoms. The molecule has 0 fully saturated rings. The number of benzene rings is 1. The summed E-state index contributed by atoms with van der Waals surface area (Å²) >= 11 is 6.08. The molecule has 0 radical (unpaired) electrons. The fraction of sp³-hybridized carbons (Fsp3) is 0.240. The number of hydrogen-bond donors (Lipinski definition) is 2. The summed E-state index contributed by atoms with van der Waals surface area (Å²) in [6.45, 7) is 5.52. The van der Waals surface area contributed by atoms with Gasteiger partial charge in [-0.15, -0.1) is 0 Å². The van der Waals surface area contributed by atoms with Crippen molar-refractivity contribution in [3.05, 3.63) is 70.3 Å². The van der Waals surface area contributed by atoms with Crippen LogP contribution in [-0.4, -0.2) is 31.6 Å². The zero-order valence-corrected chi connectivity index (χ0v) is 20.6. The monoisotopic (exact) mass is 510 g/mol. The maximum absolute atomic E-state index is 13.3. The zero-order valence-electron chi connectivity index (χ0n) is 19.8. The first-order valence-corrected chi connectivity index (χ1v) is 11.5. The molecule has 4 N–H and O–H groups in total. The van der Waals surface area contributed by atoms with Gasteiger partial charge in [0.15, 0.2) is 0 Å². The summed E-state index contributed by atoms with van der Waals surface area (Å²) in [7, 11) is 0. The minimum absolute atomic E-state index is 0.00408. The van der Waals surface area contributed by atoms with Gasteiger partial charge in [-0.25, -0.2) is 9.07 Å². The van der Waals surface area contributed by atoms with Crippen LogP contribution in [0.5, 0.6) is 0 Å². The van der Waals surface area contributed by atoms with Gasteiger partial charge in [0, 0.05) is 29.8 Å². The first kappa shape index (κ1) is 25.1. The minimum Gasteiger partial charge on any atom is -0.383 e. The Morgan fingerprint density at radius 3 is 2.50 bits per heavy atom. The highest BCUT2D eigenvalue weighted by Crippen LogP contribution is 2.30. The molecule has 0 aliphatic heterocycles. The topological polar surface area (TPSA) is 143 Å². The molecule has 0 saturated heterocycles. The third kappa shape index (κ3) is 4.85. The number of nitrogens with zero attached hydrogens (tertiary/aromatic N) is 4. The molecule has 11 heteroatoms. The second-order valence-corrected chi connectivity index (χ2v) is 9.06. The highest BCUT2D eigenvalue weighted by molar-refractivity contribution is 6.33. The van der Waals surface area contributed by atoms with Gasteiger partial charge in [-0.3, -0.25) is 14.6 Å². The number of hydrogen-bond acceptors (Lipinski definition) is 7. The number of pyridine rings is 1. The van der Waals surface area contributed by atoms with E-state index in [9.17, 15) is 14.0 Å². The molecule has 0 aliphatic rings. The summed E-state index contributed by atoms with van der Waals surface area (Å²) < 4.78 is 20.1. The average molecular weight is 511 g/mol. The number of amides is 1. The number of carbonyl (C=O) groups excluding carboxylic acids is 2. The van der Waals surface area contributed by atoms with Crippen LogP contribution in [0.4, 0.5) is 10.2 Å². The molecule has 0 spiro atoms. The van der Waals surface area contributed by atoms with E-state index in [1.165, 1.54) is 22.9 Å². The number of nitrogen functional groups attached to an aromatic ring is 1.